The summed E-state index contributed by atoms with van der Waals surface area (Å²) in [6.07, 6.45) is 0. The Morgan fingerprint density at radius 2 is 1.97 bits per heavy atom. The smallest absolute Gasteiger partial charge is 0.277 e. The zero-order valence-corrected chi connectivity index (χ0v) is 17.9. The van der Waals surface area contributed by atoms with Crippen LogP contribution in [0.4, 0.5) is 17.2 Å². The van der Waals surface area contributed by atoms with Crippen LogP contribution in [0.25, 0.3) is 0 Å². The Kier molecular flexibility index (Phi) is 6.95. The monoisotopic (exact) mass is 457 g/mol. The van der Waals surface area contributed by atoms with Gasteiger partial charge in [-0.15, -0.1) is 0 Å². The average molecular weight is 457 g/mol. The minimum Gasteiger partial charge on any atom is -0.493 e. The highest BCUT2D eigenvalue weighted by molar-refractivity contribution is 7.98. The van der Waals surface area contributed by atoms with Crippen molar-refractivity contribution in [3.8, 4) is 11.5 Å². The van der Waals surface area contributed by atoms with Gasteiger partial charge in [0.2, 0.25) is 0 Å². The van der Waals surface area contributed by atoms with Crippen LogP contribution >= 0.6 is 11.8 Å². The van der Waals surface area contributed by atoms with Crippen molar-refractivity contribution in [3.05, 3.63) is 74.1 Å². The summed E-state index contributed by atoms with van der Waals surface area (Å²) in [4.78, 5) is 42.1. The number of thioether (sulfide) groups is 1. The van der Waals surface area contributed by atoms with Crippen LogP contribution in [-0.4, -0.2) is 35.0 Å². The van der Waals surface area contributed by atoms with Crippen LogP contribution in [0.2, 0.25) is 0 Å². The number of nitrogens with zero attached hydrogens (tertiary/aromatic N) is 2. The number of anilines is 2. The molecule has 4 N–H and O–H groups in total. The van der Waals surface area contributed by atoms with Gasteiger partial charge in [0, 0.05) is 23.4 Å². The molecule has 0 aliphatic heterocycles. The van der Waals surface area contributed by atoms with Gasteiger partial charge in [-0.05, 0) is 23.8 Å². The number of carbonyl (C=O) groups excluding carboxylic acids is 1. The van der Waals surface area contributed by atoms with Gasteiger partial charge in [-0.25, -0.2) is 4.98 Å². The number of nitro benzene ring substituents is 1. The van der Waals surface area contributed by atoms with Crippen LogP contribution in [0.5, 0.6) is 11.5 Å². The summed E-state index contributed by atoms with van der Waals surface area (Å²) in [6, 6.07) is 10.7. The number of rotatable bonds is 8. The molecule has 1 amide bonds. The summed E-state index contributed by atoms with van der Waals surface area (Å²) < 4.78 is 10.3. The molecule has 0 fully saturated rings. The third-order valence-electron chi connectivity index (χ3n) is 4.31. The predicted molar refractivity (Wildman–Crippen MR) is 119 cm³/mol. The van der Waals surface area contributed by atoms with Gasteiger partial charge in [0.05, 0.1) is 19.1 Å². The van der Waals surface area contributed by atoms with Crippen molar-refractivity contribution >= 4 is 34.9 Å². The SMILES string of the molecule is COc1ccc(C(=O)Nc2c(N)nc(SCc3cccc([N+](=O)[O-])c3)[nH]c2=O)cc1OC. The second-order valence-corrected chi connectivity index (χ2v) is 7.33. The van der Waals surface area contributed by atoms with Crippen LogP contribution in [0.1, 0.15) is 15.9 Å². The highest BCUT2D eigenvalue weighted by atomic mass is 32.2. The molecule has 0 bridgehead atoms. The van der Waals surface area contributed by atoms with Gasteiger partial charge in [-0.3, -0.25) is 24.7 Å². The number of amides is 1. The second-order valence-electron chi connectivity index (χ2n) is 6.37. The van der Waals surface area contributed by atoms with Crippen molar-refractivity contribution in [2.24, 2.45) is 0 Å². The van der Waals surface area contributed by atoms with E-state index in [0.717, 1.165) is 11.8 Å². The van der Waals surface area contributed by atoms with E-state index in [1.165, 1.54) is 38.5 Å². The number of aromatic nitrogens is 2. The molecule has 0 spiro atoms. The number of benzene rings is 2. The summed E-state index contributed by atoms with van der Waals surface area (Å²) >= 11 is 1.14. The molecule has 32 heavy (non-hydrogen) atoms. The average Bonchev–Trinajstić information content (AvgIpc) is 2.79. The van der Waals surface area contributed by atoms with Gasteiger partial charge in [-0.1, -0.05) is 23.9 Å². The molecule has 1 aromatic heterocycles. The van der Waals surface area contributed by atoms with Crippen molar-refractivity contribution in [1.82, 2.24) is 9.97 Å². The number of nitrogens with one attached hydrogen (secondary N) is 2. The fraction of sp³-hybridized carbons (Fsp3) is 0.150. The highest BCUT2D eigenvalue weighted by Gasteiger charge is 2.16. The van der Waals surface area contributed by atoms with Crippen molar-refractivity contribution in [2.45, 2.75) is 10.9 Å². The normalized spacial score (nSPS) is 10.4. The van der Waals surface area contributed by atoms with Crippen molar-refractivity contribution in [1.29, 1.82) is 0 Å². The van der Waals surface area contributed by atoms with E-state index in [0.29, 0.717) is 22.8 Å². The largest absolute Gasteiger partial charge is 0.493 e. The lowest BCUT2D eigenvalue weighted by Crippen LogP contribution is -2.23. The van der Waals surface area contributed by atoms with E-state index in [1.807, 2.05) is 0 Å². The van der Waals surface area contributed by atoms with Gasteiger partial charge in [0.25, 0.3) is 17.2 Å². The van der Waals surface area contributed by atoms with Crippen LogP contribution < -0.4 is 26.1 Å². The number of carbonyl (C=O) groups is 1. The summed E-state index contributed by atoms with van der Waals surface area (Å²) in [5.74, 6) is 0.383. The van der Waals surface area contributed by atoms with Crippen molar-refractivity contribution in [2.75, 3.05) is 25.3 Å². The molecule has 0 unspecified atom stereocenters. The molecule has 0 atom stereocenters. The third kappa shape index (κ3) is 5.16. The fourth-order valence-electron chi connectivity index (χ4n) is 2.73. The van der Waals surface area contributed by atoms with Gasteiger partial charge < -0.3 is 20.5 Å². The molecule has 12 heteroatoms. The van der Waals surface area contributed by atoms with E-state index >= 15 is 0 Å². The molecule has 0 saturated heterocycles. The van der Waals surface area contributed by atoms with Gasteiger partial charge in [0.15, 0.2) is 22.5 Å². The molecule has 2 aromatic carbocycles. The molecule has 0 radical (unpaired) electrons. The van der Waals surface area contributed by atoms with Gasteiger partial charge >= 0.3 is 0 Å². The maximum atomic E-state index is 12.6. The summed E-state index contributed by atoms with van der Waals surface area (Å²) in [5.41, 5.74) is 5.94. The molecule has 0 saturated carbocycles. The fourth-order valence-corrected chi connectivity index (χ4v) is 3.54. The highest BCUT2D eigenvalue weighted by Crippen LogP contribution is 2.28. The molecule has 0 aliphatic rings. The van der Waals surface area contributed by atoms with Crippen LogP contribution in [0.3, 0.4) is 0 Å². The number of nitrogen functional groups attached to an aromatic ring is 1. The first-order valence-electron chi connectivity index (χ1n) is 9.11. The Hall–Kier alpha value is -4.06. The van der Waals surface area contributed by atoms with Crippen LogP contribution in [-0.2, 0) is 5.75 Å². The number of non-ortho nitro benzene ring substituents is 1. The molecular weight excluding hydrogens is 438 g/mol. The molecular formula is C20H19N5O6S. The predicted octanol–water partition coefficient (Wildman–Crippen LogP) is 2.82. The Balaban J connectivity index is 1.74. The summed E-state index contributed by atoms with van der Waals surface area (Å²) in [5, 5.41) is 13.6. The standard InChI is InChI=1S/C20H19N5O6S/c1-30-14-7-6-12(9-15(14)31-2)18(26)22-16-17(21)23-20(24-19(16)27)32-10-11-4-3-5-13(8-11)25(28)29/h3-9H,10H2,1-2H3,(H,22,26)(H3,21,23,24,27). The Labute approximate surface area is 186 Å². The first-order valence-corrected chi connectivity index (χ1v) is 10.1. The minimum atomic E-state index is -0.632. The zero-order chi connectivity index (χ0) is 23.3. The Bertz CT molecular complexity index is 1230. The maximum Gasteiger partial charge on any atom is 0.277 e. The summed E-state index contributed by atoms with van der Waals surface area (Å²) in [6.45, 7) is 0. The van der Waals surface area contributed by atoms with Crippen LogP contribution in [0.15, 0.2) is 52.4 Å². The summed E-state index contributed by atoms with van der Waals surface area (Å²) in [7, 11) is 2.91. The lowest BCUT2D eigenvalue weighted by Gasteiger charge is -2.11. The second kappa shape index (κ2) is 9.83. The third-order valence-corrected chi connectivity index (χ3v) is 5.25. The first kappa shape index (κ1) is 22.6. The number of nitrogens with two attached hydrogens (primary N) is 1. The van der Waals surface area contributed by atoms with Crippen molar-refractivity contribution in [3.63, 3.8) is 0 Å². The molecule has 3 rings (SSSR count). The first-order chi connectivity index (χ1) is 15.3. The molecule has 1 heterocycles. The van der Waals surface area contributed by atoms with E-state index < -0.39 is 16.4 Å². The van der Waals surface area contributed by atoms with E-state index in [4.69, 9.17) is 15.2 Å². The van der Waals surface area contributed by atoms with E-state index in [-0.39, 0.29) is 27.9 Å². The van der Waals surface area contributed by atoms with E-state index in [9.17, 15) is 19.7 Å². The number of methoxy groups -OCH3 is 2. The number of hydrogen-bond acceptors (Lipinski definition) is 9. The van der Waals surface area contributed by atoms with E-state index in [1.54, 1.807) is 18.2 Å². The number of H-pyrrole nitrogens is 1. The van der Waals surface area contributed by atoms with Gasteiger partial charge in [-0.2, -0.15) is 0 Å². The topological polar surface area (TPSA) is 162 Å². The lowest BCUT2D eigenvalue weighted by molar-refractivity contribution is -0.384. The number of ether oxygens (including phenoxy) is 2. The lowest BCUT2D eigenvalue weighted by atomic mass is 10.2. The van der Waals surface area contributed by atoms with Crippen LogP contribution in [0, 0.1) is 10.1 Å². The van der Waals surface area contributed by atoms with E-state index in [2.05, 4.69) is 15.3 Å². The molecule has 3 aromatic rings. The quantitative estimate of drug-likeness (QED) is 0.200. The molecule has 0 aliphatic carbocycles. The zero-order valence-electron chi connectivity index (χ0n) is 17.1. The van der Waals surface area contributed by atoms with Gasteiger partial charge in [0.1, 0.15) is 5.69 Å². The Morgan fingerprint density at radius 3 is 2.62 bits per heavy atom. The molecule has 11 nitrogen and oxygen atoms in total. The number of hydrogen-bond donors (Lipinski definition) is 3. The minimum absolute atomic E-state index is 0.0303. The maximum absolute atomic E-state index is 12.6. The van der Waals surface area contributed by atoms with Crippen molar-refractivity contribution < 1.29 is 19.2 Å². The number of aromatic amines is 1. The molecule has 166 valence electrons. The Morgan fingerprint density at radius 1 is 1.22 bits per heavy atom. The number of nitro groups is 1.